The van der Waals surface area contributed by atoms with Gasteiger partial charge in [0.05, 0.1) is 5.92 Å². The van der Waals surface area contributed by atoms with Gasteiger partial charge in [0.25, 0.3) is 0 Å². The van der Waals surface area contributed by atoms with Crippen LogP contribution in [0.5, 0.6) is 0 Å². The van der Waals surface area contributed by atoms with E-state index in [1.165, 1.54) is 0 Å². The SMILES string of the molecule is CC(C)(C)OC(=O)C(CCc1ccccc1)CN(CCCCNC(=O)OCc1ccccc1)C(=O)N1CCC[C@H]1C(=O)OC(C)(C)C. The van der Waals surface area contributed by atoms with Crippen LogP contribution in [-0.2, 0) is 36.8 Å². The van der Waals surface area contributed by atoms with E-state index in [0.29, 0.717) is 58.2 Å². The van der Waals surface area contributed by atoms with Crippen LogP contribution in [-0.4, -0.2) is 77.3 Å². The number of rotatable bonds is 14. The van der Waals surface area contributed by atoms with Crippen molar-refractivity contribution in [3.63, 3.8) is 0 Å². The van der Waals surface area contributed by atoms with Gasteiger partial charge in [0.2, 0.25) is 0 Å². The second-order valence-electron chi connectivity index (χ2n) is 14.1. The molecule has 2 aromatic rings. The average molecular weight is 652 g/mol. The normalized spacial score (nSPS) is 15.4. The van der Waals surface area contributed by atoms with Crippen LogP contribution in [0.1, 0.15) is 84.8 Å². The Hall–Kier alpha value is -4.08. The summed E-state index contributed by atoms with van der Waals surface area (Å²) in [6.07, 6.45) is 2.98. The summed E-state index contributed by atoms with van der Waals surface area (Å²) in [6, 6.07) is 18.4. The zero-order chi connectivity index (χ0) is 34.5. The summed E-state index contributed by atoms with van der Waals surface area (Å²) in [6.45, 7) is 12.4. The molecule has 1 unspecified atom stereocenters. The first-order valence-corrected chi connectivity index (χ1v) is 16.7. The van der Waals surface area contributed by atoms with Crippen molar-refractivity contribution in [3.8, 4) is 0 Å². The number of alkyl carbamates (subject to hydrolysis) is 1. The molecule has 1 aliphatic heterocycles. The van der Waals surface area contributed by atoms with Gasteiger partial charge in [0, 0.05) is 26.2 Å². The molecule has 1 saturated heterocycles. The number of ether oxygens (including phenoxy) is 3. The van der Waals surface area contributed by atoms with Crippen LogP contribution >= 0.6 is 0 Å². The second-order valence-corrected chi connectivity index (χ2v) is 14.1. The third-order valence-corrected chi connectivity index (χ3v) is 7.59. The predicted octanol–water partition coefficient (Wildman–Crippen LogP) is 6.51. The molecule has 2 aromatic carbocycles. The van der Waals surface area contributed by atoms with Crippen molar-refractivity contribution in [1.29, 1.82) is 0 Å². The van der Waals surface area contributed by atoms with Gasteiger partial charge < -0.3 is 29.3 Å². The van der Waals surface area contributed by atoms with E-state index in [2.05, 4.69) is 5.32 Å². The van der Waals surface area contributed by atoms with Gasteiger partial charge in [-0.15, -0.1) is 0 Å². The Balaban J connectivity index is 1.70. The lowest BCUT2D eigenvalue weighted by molar-refractivity contribution is -0.162. The lowest BCUT2D eigenvalue weighted by Gasteiger charge is -2.34. The molecule has 0 spiro atoms. The summed E-state index contributed by atoms with van der Waals surface area (Å²) in [5.74, 6) is -1.36. The fourth-order valence-corrected chi connectivity index (χ4v) is 5.37. The number of unbranched alkanes of at least 4 members (excludes halogenated alkanes) is 1. The quantitative estimate of drug-likeness (QED) is 0.141. The predicted molar refractivity (Wildman–Crippen MR) is 181 cm³/mol. The van der Waals surface area contributed by atoms with Gasteiger partial charge in [-0.3, -0.25) is 4.79 Å². The van der Waals surface area contributed by atoms with E-state index in [0.717, 1.165) is 11.1 Å². The Kier molecular flexibility index (Phi) is 14.1. The number of likely N-dealkylation sites (tertiary alicyclic amines) is 1. The number of urea groups is 1. The zero-order valence-corrected chi connectivity index (χ0v) is 29.0. The van der Waals surface area contributed by atoms with Gasteiger partial charge in [0.1, 0.15) is 23.9 Å². The van der Waals surface area contributed by atoms with E-state index in [1.54, 1.807) is 9.80 Å². The molecule has 3 rings (SSSR count). The molecule has 1 heterocycles. The van der Waals surface area contributed by atoms with E-state index in [9.17, 15) is 19.2 Å². The lowest BCUT2D eigenvalue weighted by Crippen LogP contribution is -2.51. The van der Waals surface area contributed by atoms with Crippen LogP contribution in [0.15, 0.2) is 60.7 Å². The summed E-state index contributed by atoms with van der Waals surface area (Å²) < 4.78 is 16.8. The number of amides is 3. The third-order valence-electron chi connectivity index (χ3n) is 7.59. The monoisotopic (exact) mass is 651 g/mol. The first-order chi connectivity index (χ1) is 22.2. The Morgan fingerprint density at radius 1 is 0.872 bits per heavy atom. The van der Waals surface area contributed by atoms with E-state index < -0.39 is 35.2 Å². The number of nitrogens with zero attached hydrogens (tertiary/aromatic N) is 2. The topological polar surface area (TPSA) is 114 Å². The van der Waals surface area contributed by atoms with E-state index in [-0.39, 0.29) is 25.2 Å². The van der Waals surface area contributed by atoms with E-state index >= 15 is 0 Å². The largest absolute Gasteiger partial charge is 0.460 e. The number of benzene rings is 2. The summed E-state index contributed by atoms with van der Waals surface area (Å²) in [5, 5.41) is 2.77. The second kappa shape index (κ2) is 17.7. The van der Waals surface area contributed by atoms with Crippen molar-refractivity contribution in [2.24, 2.45) is 5.92 Å². The zero-order valence-electron chi connectivity index (χ0n) is 29.0. The number of hydrogen-bond acceptors (Lipinski definition) is 7. The maximum Gasteiger partial charge on any atom is 0.407 e. The van der Waals surface area contributed by atoms with E-state index in [1.807, 2.05) is 102 Å². The van der Waals surface area contributed by atoms with Crippen LogP contribution in [0.2, 0.25) is 0 Å². The summed E-state index contributed by atoms with van der Waals surface area (Å²) in [4.78, 5) is 56.2. The number of esters is 2. The van der Waals surface area contributed by atoms with Crippen molar-refractivity contribution >= 4 is 24.1 Å². The maximum absolute atomic E-state index is 14.1. The molecule has 1 aliphatic rings. The van der Waals surface area contributed by atoms with Crippen LogP contribution < -0.4 is 5.32 Å². The molecule has 0 saturated carbocycles. The standard InChI is InChI=1S/C37H53N3O7/c1-36(2,3)46-32(41)30(22-21-28-16-9-7-10-17-28)26-39(35(44)40-25-15-20-31(40)33(42)47-37(4,5)6)24-14-13-23-38-34(43)45-27-29-18-11-8-12-19-29/h7-12,16-19,30-31H,13-15,20-27H2,1-6H3,(H,38,43)/t30?,31-/m0/s1. The number of hydrogen-bond donors (Lipinski definition) is 1. The Morgan fingerprint density at radius 2 is 1.49 bits per heavy atom. The lowest BCUT2D eigenvalue weighted by atomic mass is 9.98. The highest BCUT2D eigenvalue weighted by atomic mass is 16.6. The van der Waals surface area contributed by atoms with Gasteiger partial charge in [-0.1, -0.05) is 60.7 Å². The van der Waals surface area contributed by atoms with Crippen molar-refractivity contribution in [3.05, 3.63) is 71.8 Å². The van der Waals surface area contributed by atoms with Gasteiger partial charge in [-0.2, -0.15) is 0 Å². The molecular formula is C37H53N3O7. The Morgan fingerprint density at radius 3 is 2.11 bits per heavy atom. The summed E-state index contributed by atoms with van der Waals surface area (Å²) in [7, 11) is 0. The number of aryl methyl sites for hydroxylation is 1. The van der Waals surface area contributed by atoms with Gasteiger partial charge in [0.15, 0.2) is 0 Å². The Labute approximate surface area is 280 Å². The van der Waals surface area contributed by atoms with E-state index in [4.69, 9.17) is 14.2 Å². The molecule has 258 valence electrons. The highest BCUT2D eigenvalue weighted by Crippen LogP contribution is 2.25. The van der Waals surface area contributed by atoms with Gasteiger partial charge >= 0.3 is 24.1 Å². The summed E-state index contributed by atoms with van der Waals surface area (Å²) in [5.41, 5.74) is 0.626. The number of nitrogens with one attached hydrogen (secondary N) is 1. The first kappa shape index (κ1) is 37.4. The fraction of sp³-hybridized carbons (Fsp3) is 0.568. The van der Waals surface area contributed by atoms with Crippen molar-refractivity contribution in [2.75, 3.05) is 26.2 Å². The minimum Gasteiger partial charge on any atom is -0.460 e. The van der Waals surface area contributed by atoms with Gasteiger partial charge in [-0.25, -0.2) is 14.4 Å². The molecule has 3 amide bonds. The van der Waals surface area contributed by atoms with Crippen molar-refractivity contribution in [1.82, 2.24) is 15.1 Å². The van der Waals surface area contributed by atoms with Crippen LogP contribution in [0.3, 0.4) is 0 Å². The smallest absolute Gasteiger partial charge is 0.407 e. The van der Waals surface area contributed by atoms with Crippen LogP contribution in [0.25, 0.3) is 0 Å². The highest BCUT2D eigenvalue weighted by Gasteiger charge is 2.39. The molecule has 47 heavy (non-hydrogen) atoms. The maximum atomic E-state index is 14.1. The van der Waals surface area contributed by atoms with Crippen LogP contribution in [0, 0.1) is 5.92 Å². The van der Waals surface area contributed by atoms with Crippen molar-refractivity contribution in [2.45, 2.75) is 104 Å². The molecule has 2 atom stereocenters. The first-order valence-electron chi connectivity index (χ1n) is 16.7. The molecule has 0 aromatic heterocycles. The molecule has 1 fully saturated rings. The molecule has 10 nitrogen and oxygen atoms in total. The molecular weight excluding hydrogens is 598 g/mol. The van der Waals surface area contributed by atoms with Crippen LogP contribution in [0.4, 0.5) is 9.59 Å². The molecule has 0 bridgehead atoms. The minimum atomic E-state index is -0.686. The fourth-order valence-electron chi connectivity index (χ4n) is 5.37. The molecule has 0 radical (unpaired) electrons. The third kappa shape index (κ3) is 13.7. The number of carbonyl (C=O) groups excluding carboxylic acids is 4. The molecule has 1 N–H and O–H groups in total. The number of carbonyl (C=O) groups is 4. The van der Waals surface area contributed by atoms with Gasteiger partial charge in [-0.05, 0) is 91.2 Å². The van der Waals surface area contributed by atoms with Crippen molar-refractivity contribution < 1.29 is 33.4 Å². The average Bonchev–Trinajstić information content (AvgIpc) is 3.50. The Bertz CT molecular complexity index is 1290. The molecule has 0 aliphatic carbocycles. The minimum absolute atomic E-state index is 0.144. The molecule has 10 heteroatoms. The highest BCUT2D eigenvalue weighted by molar-refractivity contribution is 5.85. The summed E-state index contributed by atoms with van der Waals surface area (Å²) >= 11 is 0.